The lowest BCUT2D eigenvalue weighted by Gasteiger charge is -2.06. The normalized spacial score (nSPS) is 10.9. The molecule has 0 saturated carbocycles. The summed E-state index contributed by atoms with van der Waals surface area (Å²) in [6.07, 6.45) is 2.09. The molecule has 0 amide bonds. The summed E-state index contributed by atoms with van der Waals surface area (Å²) in [4.78, 5) is 11.8. The highest BCUT2D eigenvalue weighted by molar-refractivity contribution is 6.42. The minimum atomic E-state index is -0.0712. The Balaban J connectivity index is 2.34. The van der Waals surface area contributed by atoms with E-state index in [1.807, 2.05) is 0 Å². The van der Waals surface area contributed by atoms with Gasteiger partial charge in [-0.3, -0.25) is 4.79 Å². The summed E-state index contributed by atoms with van der Waals surface area (Å²) >= 11 is 11.6. The summed E-state index contributed by atoms with van der Waals surface area (Å²) < 4.78 is 5.34. The quantitative estimate of drug-likeness (QED) is 0.540. The van der Waals surface area contributed by atoms with E-state index in [2.05, 4.69) is 13.8 Å². The summed E-state index contributed by atoms with van der Waals surface area (Å²) in [5.74, 6) is 0.595. The summed E-state index contributed by atoms with van der Waals surface area (Å²) in [7, 11) is 0. The summed E-state index contributed by atoms with van der Waals surface area (Å²) in [5.41, 5.74) is 0.535. The summed E-state index contributed by atoms with van der Waals surface area (Å²) in [5, 5.41) is 0.841. The maximum Gasteiger partial charge on any atom is 0.188 e. The van der Waals surface area contributed by atoms with Crippen molar-refractivity contribution in [2.24, 2.45) is 5.92 Å². The van der Waals surface area contributed by atoms with Gasteiger partial charge in [-0.05, 0) is 37.0 Å². The van der Waals surface area contributed by atoms with Gasteiger partial charge in [-0.25, -0.2) is 0 Å². The van der Waals surface area contributed by atoms with E-state index in [1.165, 1.54) is 0 Å². The molecule has 0 saturated heterocycles. The van der Waals surface area contributed by atoms with Crippen molar-refractivity contribution in [1.82, 2.24) is 0 Å². The molecule has 0 radical (unpaired) electrons. The number of carbonyl (C=O) groups excluding carboxylic acids is 1. The fraction of sp³-hybridized carbons (Fsp3) is 0.500. The summed E-state index contributed by atoms with van der Waals surface area (Å²) in [6, 6.07) is 4.85. The molecule has 0 heterocycles. The third-order valence-electron chi connectivity index (χ3n) is 2.54. The fourth-order valence-electron chi connectivity index (χ4n) is 1.51. The number of hydrogen-bond acceptors (Lipinski definition) is 2. The molecule has 100 valence electrons. The van der Waals surface area contributed by atoms with E-state index >= 15 is 0 Å². The van der Waals surface area contributed by atoms with Crippen molar-refractivity contribution in [3.8, 4) is 0 Å². The highest BCUT2D eigenvalue weighted by atomic mass is 35.5. The van der Waals surface area contributed by atoms with Gasteiger partial charge in [0.05, 0.1) is 10.0 Å². The molecule has 0 spiro atoms. The lowest BCUT2D eigenvalue weighted by molar-refractivity contribution is 0.0749. The van der Waals surface area contributed by atoms with Crippen molar-refractivity contribution >= 4 is 29.0 Å². The molecule has 1 aromatic carbocycles. The van der Waals surface area contributed by atoms with Gasteiger partial charge in [-0.1, -0.05) is 37.0 Å². The zero-order valence-corrected chi connectivity index (χ0v) is 12.2. The summed E-state index contributed by atoms with van der Waals surface area (Å²) in [6.45, 7) is 5.04. The van der Waals surface area contributed by atoms with Crippen LogP contribution < -0.4 is 0 Å². The zero-order chi connectivity index (χ0) is 13.5. The molecule has 1 rings (SSSR count). The Morgan fingerprint density at radius 1 is 1.28 bits per heavy atom. The average Bonchev–Trinajstić information content (AvgIpc) is 2.31. The van der Waals surface area contributed by atoms with Crippen LogP contribution in [0.5, 0.6) is 0 Å². The number of benzene rings is 1. The highest BCUT2D eigenvalue weighted by Crippen LogP contribution is 2.22. The van der Waals surface area contributed by atoms with E-state index in [9.17, 15) is 4.79 Å². The molecule has 0 N–H and O–H groups in total. The van der Waals surface area contributed by atoms with E-state index in [0.29, 0.717) is 28.1 Å². The topological polar surface area (TPSA) is 26.3 Å². The van der Waals surface area contributed by atoms with Crippen LogP contribution in [0.2, 0.25) is 10.0 Å². The second-order valence-corrected chi connectivity index (χ2v) is 5.46. The second kappa shape index (κ2) is 7.78. The molecule has 0 bridgehead atoms. The predicted molar refractivity (Wildman–Crippen MR) is 75.7 cm³/mol. The first-order valence-electron chi connectivity index (χ1n) is 6.06. The largest absolute Gasteiger partial charge is 0.373 e. The van der Waals surface area contributed by atoms with Crippen LogP contribution in [0.25, 0.3) is 0 Å². The van der Waals surface area contributed by atoms with E-state index in [0.717, 1.165) is 12.8 Å². The monoisotopic (exact) mass is 288 g/mol. The van der Waals surface area contributed by atoms with Crippen LogP contribution in [0.1, 0.15) is 37.0 Å². The average molecular weight is 289 g/mol. The minimum Gasteiger partial charge on any atom is -0.373 e. The minimum absolute atomic E-state index is 0.0712. The van der Waals surface area contributed by atoms with Gasteiger partial charge in [0.15, 0.2) is 5.78 Å². The van der Waals surface area contributed by atoms with Gasteiger partial charge < -0.3 is 4.74 Å². The van der Waals surface area contributed by atoms with Crippen molar-refractivity contribution in [3.63, 3.8) is 0 Å². The van der Waals surface area contributed by atoms with Crippen molar-refractivity contribution < 1.29 is 9.53 Å². The number of halogens is 2. The molecule has 0 unspecified atom stereocenters. The number of hydrogen-bond donors (Lipinski definition) is 0. The third kappa shape index (κ3) is 5.38. The maximum absolute atomic E-state index is 11.8. The van der Waals surface area contributed by atoms with Crippen LogP contribution in [0.4, 0.5) is 0 Å². The van der Waals surface area contributed by atoms with Gasteiger partial charge in [0.25, 0.3) is 0 Å². The van der Waals surface area contributed by atoms with E-state index < -0.39 is 0 Å². The molecule has 0 aromatic heterocycles. The van der Waals surface area contributed by atoms with Gasteiger partial charge in [-0.15, -0.1) is 0 Å². The Kier molecular flexibility index (Phi) is 6.69. The zero-order valence-electron chi connectivity index (χ0n) is 10.7. The van der Waals surface area contributed by atoms with Crippen LogP contribution in [-0.4, -0.2) is 19.0 Å². The molecule has 0 aliphatic heterocycles. The Morgan fingerprint density at radius 2 is 2.00 bits per heavy atom. The van der Waals surface area contributed by atoms with Crippen LogP contribution >= 0.6 is 23.2 Å². The van der Waals surface area contributed by atoms with Crippen LogP contribution in [-0.2, 0) is 4.74 Å². The second-order valence-electron chi connectivity index (χ2n) is 4.64. The molecule has 2 nitrogen and oxygen atoms in total. The van der Waals surface area contributed by atoms with Crippen LogP contribution in [0.3, 0.4) is 0 Å². The Labute approximate surface area is 118 Å². The fourth-order valence-corrected chi connectivity index (χ4v) is 1.81. The molecule has 0 aliphatic rings. The van der Waals surface area contributed by atoms with E-state index in [-0.39, 0.29) is 12.4 Å². The lowest BCUT2D eigenvalue weighted by atomic mass is 10.1. The maximum atomic E-state index is 11.8. The first-order valence-corrected chi connectivity index (χ1v) is 6.82. The Hall–Kier alpha value is -0.570. The van der Waals surface area contributed by atoms with Gasteiger partial charge >= 0.3 is 0 Å². The molecule has 1 aromatic rings. The van der Waals surface area contributed by atoms with Gasteiger partial charge in [0.1, 0.15) is 6.61 Å². The van der Waals surface area contributed by atoms with Crippen molar-refractivity contribution in [2.75, 3.05) is 13.2 Å². The molecule has 4 heteroatoms. The predicted octanol–water partition coefficient (Wildman–Crippen LogP) is 4.63. The molecule has 18 heavy (non-hydrogen) atoms. The number of ether oxygens (including phenoxy) is 1. The standard InChI is InChI=1S/C14H18Cl2O2/c1-10(2)4-3-7-18-9-14(17)11-5-6-12(15)13(16)8-11/h5-6,8,10H,3-4,7,9H2,1-2H3. The first kappa shape index (κ1) is 15.5. The molecule has 0 aliphatic carbocycles. The number of ketones is 1. The lowest BCUT2D eigenvalue weighted by Crippen LogP contribution is -2.10. The van der Waals surface area contributed by atoms with Crippen molar-refractivity contribution in [3.05, 3.63) is 33.8 Å². The van der Waals surface area contributed by atoms with Gasteiger partial charge in [-0.2, -0.15) is 0 Å². The SMILES string of the molecule is CC(C)CCCOCC(=O)c1ccc(Cl)c(Cl)c1. The van der Waals surface area contributed by atoms with E-state index in [4.69, 9.17) is 27.9 Å². The molecular formula is C14H18Cl2O2. The van der Waals surface area contributed by atoms with Crippen molar-refractivity contribution in [1.29, 1.82) is 0 Å². The smallest absolute Gasteiger partial charge is 0.188 e. The van der Waals surface area contributed by atoms with Crippen LogP contribution in [0, 0.1) is 5.92 Å². The van der Waals surface area contributed by atoms with E-state index in [1.54, 1.807) is 18.2 Å². The molecule has 0 fully saturated rings. The van der Waals surface area contributed by atoms with Gasteiger partial charge in [0, 0.05) is 12.2 Å². The van der Waals surface area contributed by atoms with Gasteiger partial charge in [0.2, 0.25) is 0 Å². The molecule has 0 atom stereocenters. The third-order valence-corrected chi connectivity index (χ3v) is 3.28. The highest BCUT2D eigenvalue weighted by Gasteiger charge is 2.08. The van der Waals surface area contributed by atoms with Crippen LogP contribution in [0.15, 0.2) is 18.2 Å². The number of carbonyl (C=O) groups is 1. The first-order chi connectivity index (χ1) is 8.50. The molecular weight excluding hydrogens is 271 g/mol. The Bertz CT molecular complexity index is 403. The Morgan fingerprint density at radius 3 is 2.61 bits per heavy atom. The van der Waals surface area contributed by atoms with Crippen molar-refractivity contribution in [2.45, 2.75) is 26.7 Å². The number of Topliss-reactive ketones (excluding diaryl/α,β-unsaturated/α-hetero) is 1. The number of rotatable bonds is 7.